The van der Waals surface area contributed by atoms with Gasteiger partial charge in [-0.15, -0.1) is 0 Å². The lowest BCUT2D eigenvalue weighted by Crippen LogP contribution is -2.45. The minimum absolute atomic E-state index is 0.346. The fourth-order valence-electron chi connectivity index (χ4n) is 1.32. The average molecular weight is 352 g/mol. The highest BCUT2D eigenvalue weighted by atomic mass is 16.6. The second-order valence-electron chi connectivity index (χ2n) is 5.55. The molecule has 0 aromatic rings. The van der Waals surface area contributed by atoms with E-state index in [0.29, 0.717) is 0 Å². The van der Waals surface area contributed by atoms with Gasteiger partial charge < -0.3 is 30.3 Å². The number of aliphatic hydroxyl groups excluding tert-OH is 1. The van der Waals surface area contributed by atoms with Gasteiger partial charge in [-0.2, -0.15) is 0 Å². The predicted molar refractivity (Wildman–Crippen MR) is 79.2 cm³/mol. The van der Waals surface area contributed by atoms with Crippen molar-refractivity contribution in [3.05, 3.63) is 0 Å². The van der Waals surface area contributed by atoms with Crippen LogP contribution in [0.1, 0.15) is 40.5 Å². The van der Waals surface area contributed by atoms with Crippen LogP contribution in [0.4, 0.5) is 0 Å². The zero-order valence-corrected chi connectivity index (χ0v) is 13.9. The van der Waals surface area contributed by atoms with Gasteiger partial charge in [0.05, 0.1) is 18.9 Å². The molecule has 0 aliphatic heterocycles. The highest BCUT2D eigenvalue weighted by Gasteiger charge is 2.41. The summed E-state index contributed by atoms with van der Waals surface area (Å²) < 4.78 is 4.56. The maximum Gasteiger partial charge on any atom is 0.336 e. The molecule has 2 atom stereocenters. The number of ether oxygens (including phenoxy) is 1. The summed E-state index contributed by atoms with van der Waals surface area (Å²) in [5, 5.41) is 43.3. The van der Waals surface area contributed by atoms with E-state index in [9.17, 15) is 24.3 Å². The van der Waals surface area contributed by atoms with E-state index in [1.807, 2.05) is 0 Å². The first-order valence-electron chi connectivity index (χ1n) is 7.01. The van der Waals surface area contributed by atoms with Gasteiger partial charge >= 0.3 is 23.9 Å². The Morgan fingerprint density at radius 1 is 0.958 bits per heavy atom. The molecule has 0 aliphatic rings. The third-order valence-corrected chi connectivity index (χ3v) is 2.74. The van der Waals surface area contributed by atoms with Crippen LogP contribution < -0.4 is 0 Å². The number of carboxylic acids is 3. The van der Waals surface area contributed by atoms with E-state index in [0.717, 1.165) is 0 Å². The van der Waals surface area contributed by atoms with Gasteiger partial charge in [0.15, 0.2) is 11.7 Å². The number of carbonyl (C=O) groups is 4. The van der Waals surface area contributed by atoms with Crippen molar-refractivity contribution in [3.8, 4) is 0 Å². The number of aliphatic hydroxyl groups is 2. The van der Waals surface area contributed by atoms with E-state index in [1.54, 1.807) is 13.8 Å². The monoisotopic (exact) mass is 352 g/mol. The van der Waals surface area contributed by atoms with Crippen LogP contribution in [-0.2, 0) is 23.9 Å². The molecular formula is C14H24O10. The first-order valence-corrected chi connectivity index (χ1v) is 7.01. The second kappa shape index (κ2) is 10.6. The van der Waals surface area contributed by atoms with Crippen LogP contribution >= 0.6 is 0 Å². The molecule has 0 fully saturated rings. The zero-order chi connectivity index (χ0) is 19.7. The van der Waals surface area contributed by atoms with E-state index >= 15 is 0 Å². The van der Waals surface area contributed by atoms with Gasteiger partial charge in [-0.1, -0.05) is 13.8 Å². The van der Waals surface area contributed by atoms with Crippen molar-refractivity contribution < 1.29 is 49.4 Å². The van der Waals surface area contributed by atoms with E-state index in [4.69, 9.17) is 20.4 Å². The van der Waals surface area contributed by atoms with Crippen molar-refractivity contribution in [1.29, 1.82) is 0 Å². The van der Waals surface area contributed by atoms with Gasteiger partial charge in [0.25, 0.3) is 0 Å². The number of rotatable bonds is 8. The summed E-state index contributed by atoms with van der Waals surface area (Å²) in [4.78, 5) is 41.5. The van der Waals surface area contributed by atoms with Gasteiger partial charge in [-0.3, -0.25) is 9.59 Å². The van der Waals surface area contributed by atoms with Crippen molar-refractivity contribution >= 4 is 23.9 Å². The van der Waals surface area contributed by atoms with Crippen LogP contribution in [0.2, 0.25) is 0 Å². The van der Waals surface area contributed by atoms with E-state index in [2.05, 4.69) is 4.74 Å². The minimum Gasteiger partial charge on any atom is -0.481 e. The van der Waals surface area contributed by atoms with Gasteiger partial charge in [-0.05, 0) is 19.8 Å². The van der Waals surface area contributed by atoms with E-state index < -0.39 is 54.3 Å². The van der Waals surface area contributed by atoms with Crippen molar-refractivity contribution in [2.45, 2.75) is 58.3 Å². The molecule has 0 spiro atoms. The molecule has 10 nitrogen and oxygen atoms in total. The first kappa shape index (κ1) is 24.1. The fourth-order valence-corrected chi connectivity index (χ4v) is 1.32. The molecule has 5 N–H and O–H groups in total. The maximum atomic E-state index is 10.8. The SMILES string of the molecule is CC(C)C(O)(CC(=O)O)C(=O)O.CC(C)OC(=O)C(O)CC(=O)O. The number of esters is 1. The molecule has 0 amide bonds. The topological polar surface area (TPSA) is 179 Å². The molecule has 140 valence electrons. The third kappa shape index (κ3) is 9.74. The Labute approximate surface area is 138 Å². The lowest BCUT2D eigenvalue weighted by atomic mass is 9.87. The van der Waals surface area contributed by atoms with Crippen LogP contribution in [0.5, 0.6) is 0 Å². The highest BCUT2D eigenvalue weighted by Crippen LogP contribution is 2.21. The van der Waals surface area contributed by atoms with Gasteiger partial charge in [0, 0.05) is 0 Å². The second-order valence-corrected chi connectivity index (χ2v) is 5.55. The Balaban J connectivity index is 0. The Morgan fingerprint density at radius 3 is 1.62 bits per heavy atom. The molecule has 0 aromatic carbocycles. The quantitative estimate of drug-likeness (QED) is 0.364. The number of hydrogen-bond acceptors (Lipinski definition) is 7. The standard InChI is InChI=1S/2C7H12O5/c1-4(2)7(12,6(10)11)3-5(8)9;1-4(2)12-7(11)5(8)3-6(9)10/h4,12H,3H2,1-2H3,(H,8,9)(H,10,11);4-5,8H,3H2,1-2H3,(H,9,10). The Kier molecular flexibility index (Phi) is 10.6. The Hall–Kier alpha value is -2.20. The summed E-state index contributed by atoms with van der Waals surface area (Å²) in [6.07, 6.45) is -3.31. The first-order chi connectivity index (χ1) is 10.7. The molecule has 2 unspecified atom stereocenters. The largest absolute Gasteiger partial charge is 0.481 e. The normalized spacial score (nSPS) is 14.2. The molecule has 24 heavy (non-hydrogen) atoms. The van der Waals surface area contributed by atoms with Crippen LogP contribution in [0.15, 0.2) is 0 Å². The summed E-state index contributed by atoms with van der Waals surface area (Å²) in [6, 6.07) is 0. The molecule has 0 rings (SSSR count). The summed E-state index contributed by atoms with van der Waals surface area (Å²) in [5.74, 6) is -5.59. The van der Waals surface area contributed by atoms with Crippen LogP contribution in [0.25, 0.3) is 0 Å². The zero-order valence-electron chi connectivity index (χ0n) is 13.9. The summed E-state index contributed by atoms with van der Waals surface area (Å²) in [7, 11) is 0. The predicted octanol–water partition coefficient (Wildman–Crippen LogP) is -0.294. The minimum atomic E-state index is -2.16. The molecular weight excluding hydrogens is 328 g/mol. The summed E-state index contributed by atoms with van der Waals surface area (Å²) in [6.45, 7) is 6.14. The molecule has 0 heterocycles. The number of aliphatic carboxylic acids is 3. The van der Waals surface area contributed by atoms with Crippen molar-refractivity contribution in [2.24, 2.45) is 5.92 Å². The molecule has 10 heteroatoms. The molecule has 0 saturated heterocycles. The Bertz CT molecular complexity index is 454. The molecule has 0 saturated carbocycles. The van der Waals surface area contributed by atoms with E-state index in [-0.39, 0.29) is 6.10 Å². The molecule has 0 aromatic heterocycles. The lowest BCUT2D eigenvalue weighted by Gasteiger charge is -2.25. The maximum absolute atomic E-state index is 10.8. The van der Waals surface area contributed by atoms with Gasteiger partial charge in [0.2, 0.25) is 0 Å². The van der Waals surface area contributed by atoms with Crippen molar-refractivity contribution in [2.75, 3.05) is 0 Å². The number of hydrogen-bond donors (Lipinski definition) is 5. The lowest BCUT2D eigenvalue weighted by molar-refractivity contribution is -0.170. The van der Waals surface area contributed by atoms with Crippen LogP contribution in [-0.4, -0.2) is 67.2 Å². The fraction of sp³-hybridized carbons (Fsp3) is 0.714. The number of carbonyl (C=O) groups excluding carboxylic acids is 1. The van der Waals surface area contributed by atoms with Gasteiger partial charge in [0.1, 0.15) is 0 Å². The number of carboxylic acid groups (broad SMARTS) is 3. The van der Waals surface area contributed by atoms with Crippen LogP contribution in [0.3, 0.4) is 0 Å². The summed E-state index contributed by atoms with van der Waals surface area (Å²) >= 11 is 0. The van der Waals surface area contributed by atoms with E-state index in [1.165, 1.54) is 13.8 Å². The molecule has 0 bridgehead atoms. The average Bonchev–Trinajstić information content (AvgIpc) is 2.36. The highest BCUT2D eigenvalue weighted by molar-refractivity contribution is 5.83. The third-order valence-electron chi connectivity index (χ3n) is 2.74. The molecule has 0 radical (unpaired) electrons. The Morgan fingerprint density at radius 2 is 1.42 bits per heavy atom. The molecule has 0 aliphatic carbocycles. The van der Waals surface area contributed by atoms with Crippen molar-refractivity contribution in [3.63, 3.8) is 0 Å². The summed E-state index contributed by atoms with van der Waals surface area (Å²) in [5.41, 5.74) is -2.16. The van der Waals surface area contributed by atoms with Crippen molar-refractivity contribution in [1.82, 2.24) is 0 Å². The van der Waals surface area contributed by atoms with Gasteiger partial charge in [-0.25, -0.2) is 9.59 Å². The smallest absolute Gasteiger partial charge is 0.336 e. The van der Waals surface area contributed by atoms with Crippen LogP contribution in [0, 0.1) is 5.92 Å².